The molecular weight excluding hydrogens is 298 g/mol. The van der Waals surface area contributed by atoms with Gasteiger partial charge in [-0.3, -0.25) is 15.1 Å². The number of carbonyl (C=O) groups excluding carboxylic acids is 2. The van der Waals surface area contributed by atoms with Crippen LogP contribution in [0.25, 0.3) is 0 Å². The molecule has 0 unspecified atom stereocenters. The highest BCUT2D eigenvalue weighted by atomic mass is 79.9. The highest BCUT2D eigenvalue weighted by Gasteiger charge is 2.14. The minimum atomic E-state index is -0.781. The third kappa shape index (κ3) is 8.54. The number of ether oxygens (including phenoxy) is 1. The van der Waals surface area contributed by atoms with Crippen molar-refractivity contribution < 1.29 is 14.3 Å². The van der Waals surface area contributed by atoms with Gasteiger partial charge in [0.05, 0.1) is 13.0 Å². The molecule has 0 aliphatic carbocycles. The first-order chi connectivity index (χ1) is 7.49. The van der Waals surface area contributed by atoms with Gasteiger partial charge in [-0.05, 0) is 29.1 Å². The Morgan fingerprint density at radius 2 is 2.00 bits per heavy atom. The van der Waals surface area contributed by atoms with Gasteiger partial charge in [0.2, 0.25) is 0 Å². The normalized spacial score (nSPS) is 8.50. The van der Waals surface area contributed by atoms with Crippen molar-refractivity contribution >= 4 is 45.3 Å². The first-order valence-corrected chi connectivity index (χ1v) is 6.09. The minimum absolute atomic E-state index is 0.0186. The summed E-state index contributed by atoms with van der Waals surface area (Å²) in [6.45, 7) is 2.02. The molecule has 6 nitrogen and oxygen atoms in total. The molecule has 16 heavy (non-hydrogen) atoms. The maximum Gasteiger partial charge on any atom is 0.320 e. The molecule has 0 heterocycles. The van der Waals surface area contributed by atoms with Crippen LogP contribution in [0.5, 0.6) is 0 Å². The first-order valence-electron chi connectivity index (χ1n) is 4.40. The standard InChI is InChI=1S/C7H12BrN3O3.CH4S/c1-2-14-5(12)3-4-11(6(8)9)7(10)13;1-2/h9H,2-4H2,1H3,(H2,10,13);2H,1H3. The van der Waals surface area contributed by atoms with Gasteiger partial charge < -0.3 is 10.5 Å². The molecule has 0 saturated heterocycles. The van der Waals surface area contributed by atoms with Gasteiger partial charge in [0, 0.05) is 6.54 Å². The molecule has 0 spiro atoms. The molecule has 0 aromatic carbocycles. The number of carbonyl (C=O) groups is 2. The maximum absolute atomic E-state index is 10.9. The van der Waals surface area contributed by atoms with Crippen molar-refractivity contribution in [2.45, 2.75) is 13.3 Å². The summed E-state index contributed by atoms with van der Waals surface area (Å²) in [5.41, 5.74) is 4.96. The fraction of sp³-hybridized carbons (Fsp3) is 0.625. The van der Waals surface area contributed by atoms with E-state index in [2.05, 4.69) is 33.3 Å². The van der Waals surface area contributed by atoms with E-state index in [1.54, 1.807) is 13.2 Å². The van der Waals surface area contributed by atoms with Crippen LogP contribution in [0, 0.1) is 5.41 Å². The second kappa shape index (κ2) is 10.7. The Kier molecular flexibility index (Phi) is 11.8. The molecule has 0 saturated carbocycles. The highest BCUT2D eigenvalue weighted by molar-refractivity contribution is 9.18. The van der Waals surface area contributed by atoms with Gasteiger partial charge in [-0.15, -0.1) is 0 Å². The number of hydrogen-bond donors (Lipinski definition) is 3. The number of urea groups is 1. The zero-order valence-corrected chi connectivity index (χ0v) is 11.7. The molecule has 0 rings (SSSR count). The summed E-state index contributed by atoms with van der Waals surface area (Å²) < 4.78 is 4.48. The van der Waals surface area contributed by atoms with Crippen LogP contribution in [0.3, 0.4) is 0 Å². The van der Waals surface area contributed by atoms with Crippen molar-refractivity contribution in [2.24, 2.45) is 5.73 Å². The number of amides is 2. The minimum Gasteiger partial charge on any atom is -0.466 e. The van der Waals surface area contributed by atoms with Gasteiger partial charge in [0.1, 0.15) is 0 Å². The molecule has 94 valence electrons. The summed E-state index contributed by atoms with van der Waals surface area (Å²) >= 11 is 6.31. The SMILES string of the molecule is CCOC(=O)CCN(C(=N)Br)C(N)=O.CS. The van der Waals surface area contributed by atoms with Crippen molar-refractivity contribution in [3.63, 3.8) is 0 Å². The van der Waals surface area contributed by atoms with E-state index in [-0.39, 0.29) is 17.7 Å². The molecular formula is C8H16BrN3O3S. The lowest BCUT2D eigenvalue weighted by Crippen LogP contribution is -2.39. The van der Waals surface area contributed by atoms with Gasteiger partial charge in [0.15, 0.2) is 4.74 Å². The lowest BCUT2D eigenvalue weighted by molar-refractivity contribution is -0.143. The predicted molar refractivity (Wildman–Crippen MR) is 69.1 cm³/mol. The molecule has 0 bridgehead atoms. The quantitative estimate of drug-likeness (QED) is 0.239. The average molecular weight is 314 g/mol. The van der Waals surface area contributed by atoms with Crippen molar-refractivity contribution in [3.8, 4) is 0 Å². The van der Waals surface area contributed by atoms with Crippen LogP contribution in [-0.2, 0) is 9.53 Å². The largest absolute Gasteiger partial charge is 0.466 e. The first kappa shape index (κ1) is 17.6. The van der Waals surface area contributed by atoms with Crippen LogP contribution in [-0.4, -0.2) is 41.1 Å². The molecule has 0 aromatic rings. The van der Waals surface area contributed by atoms with E-state index in [0.717, 1.165) is 4.90 Å². The molecule has 0 aromatic heterocycles. The Labute approximate surface area is 109 Å². The number of esters is 1. The summed E-state index contributed by atoms with van der Waals surface area (Å²) in [7, 11) is 0. The number of nitrogens with one attached hydrogen (secondary N) is 1. The van der Waals surface area contributed by atoms with E-state index < -0.39 is 12.0 Å². The van der Waals surface area contributed by atoms with Gasteiger partial charge >= 0.3 is 12.0 Å². The number of nitrogens with zero attached hydrogens (tertiary/aromatic N) is 1. The third-order valence-corrected chi connectivity index (χ3v) is 1.78. The summed E-state index contributed by atoms with van der Waals surface area (Å²) in [4.78, 5) is 22.6. The summed E-state index contributed by atoms with van der Waals surface area (Å²) in [5, 5.41) is 7.12. The average Bonchev–Trinajstić information content (AvgIpc) is 2.20. The maximum atomic E-state index is 10.9. The molecule has 0 atom stereocenters. The van der Waals surface area contributed by atoms with Crippen LogP contribution in [0.15, 0.2) is 0 Å². The second-order valence-electron chi connectivity index (χ2n) is 2.34. The molecule has 3 N–H and O–H groups in total. The smallest absolute Gasteiger partial charge is 0.320 e. The van der Waals surface area contributed by atoms with Crippen LogP contribution >= 0.6 is 28.6 Å². The summed E-state index contributed by atoms with van der Waals surface area (Å²) in [6, 6.07) is -0.781. The van der Waals surface area contributed by atoms with E-state index >= 15 is 0 Å². The van der Waals surface area contributed by atoms with E-state index in [1.165, 1.54) is 0 Å². The second-order valence-corrected chi connectivity index (χ2v) is 3.09. The van der Waals surface area contributed by atoms with Crippen molar-refractivity contribution in [1.29, 1.82) is 5.41 Å². The van der Waals surface area contributed by atoms with Gasteiger partial charge in [-0.2, -0.15) is 12.6 Å². The Morgan fingerprint density at radius 3 is 2.31 bits per heavy atom. The van der Waals surface area contributed by atoms with E-state index in [4.69, 9.17) is 11.1 Å². The topological polar surface area (TPSA) is 96.5 Å². The molecule has 0 aliphatic heterocycles. The molecule has 0 aliphatic rings. The zero-order valence-electron chi connectivity index (χ0n) is 9.20. The van der Waals surface area contributed by atoms with E-state index in [0.29, 0.717) is 6.61 Å². The molecule has 2 amide bonds. The lowest BCUT2D eigenvalue weighted by Gasteiger charge is -2.16. The van der Waals surface area contributed by atoms with Crippen molar-refractivity contribution in [2.75, 3.05) is 19.4 Å². The van der Waals surface area contributed by atoms with Gasteiger partial charge in [0.25, 0.3) is 0 Å². The summed E-state index contributed by atoms with van der Waals surface area (Å²) in [5.74, 6) is -0.424. The molecule has 8 heteroatoms. The van der Waals surface area contributed by atoms with Crippen LogP contribution in [0.2, 0.25) is 0 Å². The Hall–Kier alpha value is -0.760. The van der Waals surface area contributed by atoms with E-state index in [1.807, 2.05) is 0 Å². The Balaban J connectivity index is 0. The predicted octanol–water partition coefficient (Wildman–Crippen LogP) is 1.20. The van der Waals surface area contributed by atoms with Gasteiger partial charge in [-0.25, -0.2) is 4.79 Å². The monoisotopic (exact) mass is 313 g/mol. The highest BCUT2D eigenvalue weighted by Crippen LogP contribution is 1.99. The fourth-order valence-electron chi connectivity index (χ4n) is 0.741. The molecule has 0 fully saturated rings. The fourth-order valence-corrected chi connectivity index (χ4v) is 1.09. The number of nitrogens with two attached hydrogens (primary N) is 1. The van der Waals surface area contributed by atoms with Crippen molar-refractivity contribution in [1.82, 2.24) is 4.90 Å². The van der Waals surface area contributed by atoms with Crippen LogP contribution in [0.4, 0.5) is 4.79 Å². The van der Waals surface area contributed by atoms with E-state index in [9.17, 15) is 9.59 Å². The number of thiol groups is 1. The number of primary amides is 1. The lowest BCUT2D eigenvalue weighted by atomic mass is 10.4. The number of halogens is 1. The van der Waals surface area contributed by atoms with Crippen LogP contribution < -0.4 is 5.73 Å². The van der Waals surface area contributed by atoms with Gasteiger partial charge in [-0.1, -0.05) is 0 Å². The zero-order chi connectivity index (χ0) is 13.1. The number of rotatable bonds is 4. The summed E-state index contributed by atoms with van der Waals surface area (Å²) in [6.07, 6.45) is 1.71. The Morgan fingerprint density at radius 1 is 1.50 bits per heavy atom. The van der Waals surface area contributed by atoms with Crippen LogP contribution in [0.1, 0.15) is 13.3 Å². The number of amidine groups is 1. The Bertz CT molecular complexity index is 237. The third-order valence-electron chi connectivity index (χ3n) is 1.35. The van der Waals surface area contributed by atoms with Crippen molar-refractivity contribution in [3.05, 3.63) is 0 Å². The number of hydrogen-bond acceptors (Lipinski definition) is 5. The molecule has 0 radical (unpaired) electrons.